The molecule has 1 aliphatic rings. The second kappa shape index (κ2) is 5.15. The first kappa shape index (κ1) is 13.5. The first-order chi connectivity index (χ1) is 7.44. The van der Waals surface area contributed by atoms with Crippen molar-refractivity contribution in [2.24, 2.45) is 5.41 Å². The van der Waals surface area contributed by atoms with E-state index in [9.17, 15) is 9.90 Å². The smallest absolute Gasteiger partial charge is 0.316 e. The predicted molar refractivity (Wildman–Crippen MR) is 59.8 cm³/mol. The van der Waals surface area contributed by atoms with Crippen LogP contribution in [0.15, 0.2) is 0 Å². The van der Waals surface area contributed by atoms with Gasteiger partial charge in [-0.1, -0.05) is 6.42 Å². The van der Waals surface area contributed by atoms with Crippen LogP contribution >= 0.6 is 0 Å². The number of hydrogen-bond donors (Lipinski definition) is 1. The van der Waals surface area contributed by atoms with Crippen LogP contribution < -0.4 is 0 Å². The summed E-state index contributed by atoms with van der Waals surface area (Å²) in [4.78, 5) is 11.8. The lowest BCUT2D eigenvalue weighted by molar-refractivity contribution is -0.266. The summed E-state index contributed by atoms with van der Waals surface area (Å²) >= 11 is 0. The fourth-order valence-corrected chi connectivity index (χ4v) is 1.92. The molecule has 0 saturated carbocycles. The molecule has 1 fully saturated rings. The number of esters is 1. The van der Waals surface area contributed by atoms with Crippen molar-refractivity contribution in [2.75, 3.05) is 13.2 Å². The number of hydrogen-bond acceptors (Lipinski definition) is 4. The quantitative estimate of drug-likeness (QED) is 0.752. The minimum absolute atomic E-state index is 0.318. The molecular weight excluding hydrogens is 208 g/mol. The highest BCUT2D eigenvalue weighted by molar-refractivity contribution is 5.77. The molecule has 0 aromatic heterocycles. The molecule has 16 heavy (non-hydrogen) atoms. The highest BCUT2D eigenvalue weighted by Gasteiger charge is 2.51. The van der Waals surface area contributed by atoms with Crippen LogP contribution in [0.25, 0.3) is 0 Å². The molecule has 0 aliphatic carbocycles. The molecule has 1 rings (SSSR count). The van der Waals surface area contributed by atoms with E-state index >= 15 is 0 Å². The highest BCUT2D eigenvalue weighted by Crippen LogP contribution is 2.39. The van der Waals surface area contributed by atoms with E-state index in [1.165, 1.54) is 0 Å². The Balaban J connectivity index is 2.81. The lowest BCUT2D eigenvalue weighted by atomic mass is 9.80. The summed E-state index contributed by atoms with van der Waals surface area (Å²) in [6.45, 7) is 5.93. The predicted octanol–water partition coefficient (Wildman–Crippen LogP) is 1.85. The number of carbonyl (C=O) groups excluding carboxylic acids is 1. The van der Waals surface area contributed by atoms with Crippen LogP contribution in [0.1, 0.15) is 46.5 Å². The van der Waals surface area contributed by atoms with Gasteiger partial charge < -0.3 is 14.6 Å². The molecule has 0 bridgehead atoms. The zero-order chi connectivity index (χ0) is 12.2. The van der Waals surface area contributed by atoms with Gasteiger partial charge in [0.2, 0.25) is 0 Å². The van der Waals surface area contributed by atoms with Gasteiger partial charge in [-0.3, -0.25) is 4.79 Å². The Hall–Kier alpha value is -0.610. The molecule has 4 heteroatoms. The number of aliphatic hydroxyl groups is 1. The lowest BCUT2D eigenvalue weighted by Crippen LogP contribution is -2.52. The Labute approximate surface area is 96.9 Å². The van der Waals surface area contributed by atoms with Crippen LogP contribution in [0.5, 0.6) is 0 Å². The van der Waals surface area contributed by atoms with E-state index in [0.717, 1.165) is 19.3 Å². The Morgan fingerprint density at radius 1 is 1.44 bits per heavy atom. The molecule has 0 aromatic rings. The van der Waals surface area contributed by atoms with E-state index < -0.39 is 17.2 Å². The molecule has 1 atom stereocenters. The highest BCUT2D eigenvalue weighted by atomic mass is 16.6. The van der Waals surface area contributed by atoms with Gasteiger partial charge in [-0.15, -0.1) is 0 Å². The summed E-state index contributed by atoms with van der Waals surface area (Å²) in [5, 5.41) is 10.5. The maximum absolute atomic E-state index is 11.8. The van der Waals surface area contributed by atoms with Gasteiger partial charge in [0.15, 0.2) is 5.79 Å². The average molecular weight is 230 g/mol. The molecule has 0 aromatic carbocycles. The van der Waals surface area contributed by atoms with Gasteiger partial charge in [0.05, 0.1) is 13.2 Å². The normalized spacial score (nSPS) is 27.2. The molecule has 0 amide bonds. The minimum atomic E-state index is -1.39. The summed E-state index contributed by atoms with van der Waals surface area (Å²) in [5.41, 5.74) is -1.02. The van der Waals surface area contributed by atoms with E-state index in [1.807, 2.05) is 0 Å². The summed E-state index contributed by atoms with van der Waals surface area (Å²) in [6.07, 6.45) is 3.32. The van der Waals surface area contributed by atoms with Crippen molar-refractivity contribution < 1.29 is 19.4 Å². The van der Waals surface area contributed by atoms with Gasteiger partial charge in [-0.2, -0.15) is 0 Å². The van der Waals surface area contributed by atoms with Crippen molar-refractivity contribution in [1.29, 1.82) is 0 Å². The third kappa shape index (κ3) is 2.55. The molecule has 1 unspecified atom stereocenters. The van der Waals surface area contributed by atoms with E-state index in [2.05, 4.69) is 0 Å². The topological polar surface area (TPSA) is 55.8 Å². The number of carbonyl (C=O) groups is 1. The van der Waals surface area contributed by atoms with Crippen molar-refractivity contribution in [3.05, 3.63) is 0 Å². The number of rotatable bonds is 3. The fourth-order valence-electron chi connectivity index (χ4n) is 1.92. The first-order valence-corrected chi connectivity index (χ1v) is 5.97. The monoisotopic (exact) mass is 230 g/mol. The van der Waals surface area contributed by atoms with Gasteiger partial charge in [-0.25, -0.2) is 0 Å². The summed E-state index contributed by atoms with van der Waals surface area (Å²) < 4.78 is 10.5. The van der Waals surface area contributed by atoms with Crippen molar-refractivity contribution in [3.8, 4) is 0 Å². The molecule has 1 saturated heterocycles. The number of ether oxygens (including phenoxy) is 2. The van der Waals surface area contributed by atoms with Gasteiger partial charge >= 0.3 is 5.97 Å². The Kier molecular flexibility index (Phi) is 4.33. The van der Waals surface area contributed by atoms with Gasteiger partial charge in [-0.05, 0) is 33.6 Å². The van der Waals surface area contributed by atoms with E-state index in [-0.39, 0.29) is 0 Å². The van der Waals surface area contributed by atoms with Crippen LogP contribution in [-0.4, -0.2) is 30.1 Å². The largest absolute Gasteiger partial charge is 0.465 e. The van der Waals surface area contributed by atoms with E-state index in [1.54, 1.807) is 20.8 Å². The Morgan fingerprint density at radius 3 is 2.75 bits per heavy atom. The summed E-state index contributed by atoms with van der Waals surface area (Å²) in [5.74, 6) is -1.80. The van der Waals surface area contributed by atoms with Gasteiger partial charge in [0, 0.05) is 6.42 Å². The minimum Gasteiger partial charge on any atom is -0.465 e. The van der Waals surface area contributed by atoms with Crippen molar-refractivity contribution in [2.45, 2.75) is 52.2 Å². The average Bonchev–Trinajstić information content (AvgIpc) is 2.44. The van der Waals surface area contributed by atoms with E-state index in [0.29, 0.717) is 19.6 Å². The van der Waals surface area contributed by atoms with Crippen molar-refractivity contribution in [3.63, 3.8) is 0 Å². The van der Waals surface area contributed by atoms with Crippen LogP contribution in [0, 0.1) is 5.41 Å². The molecule has 1 N–H and O–H groups in total. The van der Waals surface area contributed by atoms with Crippen LogP contribution in [0.4, 0.5) is 0 Å². The fraction of sp³-hybridized carbons (Fsp3) is 0.917. The molecule has 0 radical (unpaired) electrons. The Morgan fingerprint density at radius 2 is 2.12 bits per heavy atom. The second-order valence-corrected chi connectivity index (χ2v) is 4.79. The SMILES string of the molecule is CCOC(=O)C(C)(C)C1(O)CCCCCO1. The lowest BCUT2D eigenvalue weighted by Gasteiger charge is -2.39. The van der Waals surface area contributed by atoms with Crippen LogP contribution in [0.3, 0.4) is 0 Å². The summed E-state index contributed by atoms with van der Waals surface area (Å²) in [6, 6.07) is 0. The maximum atomic E-state index is 11.8. The standard InChI is InChI=1S/C12H22O4/c1-4-15-10(13)11(2,3)12(14)8-6-5-7-9-16-12/h14H,4-9H2,1-3H3. The maximum Gasteiger partial charge on any atom is 0.316 e. The molecule has 4 nitrogen and oxygen atoms in total. The van der Waals surface area contributed by atoms with Gasteiger partial charge in [0.1, 0.15) is 5.41 Å². The molecule has 1 aliphatic heterocycles. The molecule has 94 valence electrons. The first-order valence-electron chi connectivity index (χ1n) is 5.97. The molecule has 1 heterocycles. The van der Waals surface area contributed by atoms with Gasteiger partial charge in [0.25, 0.3) is 0 Å². The van der Waals surface area contributed by atoms with Crippen LogP contribution in [0.2, 0.25) is 0 Å². The third-order valence-electron chi connectivity index (χ3n) is 3.26. The third-order valence-corrected chi connectivity index (χ3v) is 3.26. The van der Waals surface area contributed by atoms with Crippen LogP contribution in [-0.2, 0) is 14.3 Å². The second-order valence-electron chi connectivity index (χ2n) is 4.79. The van der Waals surface area contributed by atoms with Crippen molar-refractivity contribution >= 4 is 5.97 Å². The van der Waals surface area contributed by atoms with Crippen molar-refractivity contribution in [1.82, 2.24) is 0 Å². The molecular formula is C12H22O4. The zero-order valence-electron chi connectivity index (χ0n) is 10.4. The Bertz CT molecular complexity index is 239. The van der Waals surface area contributed by atoms with E-state index in [4.69, 9.17) is 9.47 Å². The summed E-state index contributed by atoms with van der Waals surface area (Å²) in [7, 11) is 0. The zero-order valence-corrected chi connectivity index (χ0v) is 10.4. The molecule has 0 spiro atoms.